The quantitative estimate of drug-likeness (QED) is 0.203. The average molecular weight is 586 g/mol. The van der Waals surface area contributed by atoms with Gasteiger partial charge in [0.25, 0.3) is 0 Å². The van der Waals surface area contributed by atoms with Crippen LogP contribution in [-0.2, 0) is 24.8 Å². The molecule has 0 spiro atoms. The maximum Gasteiger partial charge on any atom is 0.246 e. The van der Waals surface area contributed by atoms with E-state index in [0.29, 0.717) is 42.0 Å². The number of thiophene rings is 1. The van der Waals surface area contributed by atoms with Crippen molar-refractivity contribution in [2.75, 3.05) is 6.54 Å². The molecule has 10 heteroatoms. The SMILES string of the molecule is C=CC(=O)N1CCc2ncc(-c3nc(-c4cnc(C)n4C)c4ccsc4c3-c3c(F)cc(F)cc3OC(C)C)cc2C1. The van der Waals surface area contributed by atoms with E-state index in [1.807, 2.05) is 49.9 Å². The molecule has 4 aromatic heterocycles. The summed E-state index contributed by atoms with van der Waals surface area (Å²) >= 11 is 1.45. The van der Waals surface area contributed by atoms with Crippen molar-refractivity contribution in [3.05, 3.63) is 83.4 Å². The maximum atomic E-state index is 15.9. The van der Waals surface area contributed by atoms with Crippen molar-refractivity contribution in [3.63, 3.8) is 0 Å². The van der Waals surface area contributed by atoms with Crippen LogP contribution in [0.25, 0.3) is 43.9 Å². The first kappa shape index (κ1) is 27.7. The van der Waals surface area contributed by atoms with Gasteiger partial charge in [-0.05, 0) is 49.9 Å². The van der Waals surface area contributed by atoms with Crippen LogP contribution in [0.15, 0.2) is 54.7 Å². The van der Waals surface area contributed by atoms with Crippen molar-refractivity contribution in [3.8, 4) is 39.5 Å². The van der Waals surface area contributed by atoms with E-state index in [2.05, 4.69) is 11.6 Å². The Morgan fingerprint density at radius 3 is 2.67 bits per heavy atom. The first-order valence-corrected chi connectivity index (χ1v) is 14.5. The van der Waals surface area contributed by atoms with Gasteiger partial charge in [0.1, 0.15) is 23.2 Å². The van der Waals surface area contributed by atoms with Crippen LogP contribution in [0.2, 0.25) is 0 Å². The number of aromatic nitrogens is 4. The molecule has 1 amide bonds. The number of fused-ring (bicyclic) bond motifs is 2. The average Bonchev–Trinajstić information content (AvgIpc) is 3.58. The normalized spacial score (nSPS) is 13.1. The molecule has 0 fully saturated rings. The first-order chi connectivity index (χ1) is 20.2. The van der Waals surface area contributed by atoms with E-state index in [4.69, 9.17) is 14.7 Å². The van der Waals surface area contributed by atoms with Gasteiger partial charge in [-0.3, -0.25) is 9.78 Å². The molecule has 0 bridgehead atoms. The predicted molar refractivity (Wildman–Crippen MR) is 160 cm³/mol. The van der Waals surface area contributed by atoms with Gasteiger partial charge in [-0.15, -0.1) is 11.3 Å². The van der Waals surface area contributed by atoms with Crippen LogP contribution in [0, 0.1) is 18.6 Å². The number of benzene rings is 1. The Hall–Kier alpha value is -4.44. The Bertz CT molecular complexity index is 1880. The maximum absolute atomic E-state index is 15.9. The summed E-state index contributed by atoms with van der Waals surface area (Å²) in [7, 11) is 1.92. The zero-order valence-corrected chi connectivity index (χ0v) is 24.6. The molecule has 1 aliphatic rings. The minimum atomic E-state index is -0.749. The van der Waals surface area contributed by atoms with Gasteiger partial charge in [0.05, 0.1) is 34.9 Å². The van der Waals surface area contributed by atoms with Gasteiger partial charge < -0.3 is 14.2 Å². The second kappa shape index (κ2) is 10.8. The van der Waals surface area contributed by atoms with Gasteiger partial charge in [0, 0.05) is 71.8 Å². The molecule has 42 heavy (non-hydrogen) atoms. The summed E-state index contributed by atoms with van der Waals surface area (Å²) < 4.78 is 39.1. The third-order valence-corrected chi connectivity index (χ3v) is 8.43. The number of pyridine rings is 2. The molecule has 7 nitrogen and oxygen atoms in total. The van der Waals surface area contributed by atoms with E-state index in [9.17, 15) is 9.18 Å². The number of hydrogen-bond donors (Lipinski definition) is 0. The molecular weight excluding hydrogens is 556 g/mol. The van der Waals surface area contributed by atoms with Crippen molar-refractivity contribution >= 4 is 27.3 Å². The second-order valence-corrected chi connectivity index (χ2v) is 11.5. The number of nitrogens with zero attached hydrogens (tertiary/aromatic N) is 5. The lowest BCUT2D eigenvalue weighted by molar-refractivity contribution is -0.126. The number of imidazole rings is 1. The Balaban J connectivity index is 1.67. The van der Waals surface area contributed by atoms with Crippen molar-refractivity contribution in [1.29, 1.82) is 0 Å². The van der Waals surface area contributed by atoms with Crippen LogP contribution < -0.4 is 4.74 Å². The minimum Gasteiger partial charge on any atom is -0.490 e. The summed E-state index contributed by atoms with van der Waals surface area (Å²) in [5.41, 5.74) is 5.00. The zero-order chi connectivity index (χ0) is 29.7. The lowest BCUT2D eigenvalue weighted by atomic mass is 9.94. The minimum absolute atomic E-state index is 0.0954. The van der Waals surface area contributed by atoms with Crippen LogP contribution in [0.3, 0.4) is 0 Å². The standard InChI is InChI=1S/C32H29F2N5O2S/c1-6-27(40)39-9-7-24-20(16-39)11-19(14-36-24)30-29(28-23(34)12-21(33)13-26(28)41-17(2)3)32-22(8-10-42-32)31(37-30)25-15-35-18(4)38(25)5/h6,8,10-15,17H,1,7,9,16H2,2-5H3. The smallest absolute Gasteiger partial charge is 0.246 e. The van der Waals surface area contributed by atoms with Crippen LogP contribution >= 0.6 is 11.3 Å². The van der Waals surface area contributed by atoms with Crippen molar-refractivity contribution in [2.24, 2.45) is 7.05 Å². The number of ether oxygens (including phenoxy) is 1. The van der Waals surface area contributed by atoms with Gasteiger partial charge >= 0.3 is 0 Å². The Kier molecular flexibility index (Phi) is 7.10. The molecule has 0 saturated heterocycles. The fourth-order valence-corrected chi connectivity index (χ4v) is 6.34. The van der Waals surface area contributed by atoms with Gasteiger partial charge in [-0.25, -0.2) is 18.7 Å². The van der Waals surface area contributed by atoms with Crippen molar-refractivity contribution < 1.29 is 18.3 Å². The largest absolute Gasteiger partial charge is 0.490 e. The van der Waals surface area contributed by atoms with Crippen LogP contribution in [-0.4, -0.2) is 43.0 Å². The Labute approximate surface area is 246 Å². The molecular formula is C32H29F2N5O2S. The summed E-state index contributed by atoms with van der Waals surface area (Å²) in [5, 5.41) is 2.75. The summed E-state index contributed by atoms with van der Waals surface area (Å²) in [6.45, 7) is 10.1. The lowest BCUT2D eigenvalue weighted by Gasteiger charge is -2.27. The predicted octanol–water partition coefficient (Wildman–Crippen LogP) is 6.87. The molecule has 6 rings (SSSR count). The van der Waals surface area contributed by atoms with E-state index in [-0.39, 0.29) is 23.3 Å². The first-order valence-electron chi connectivity index (χ1n) is 13.6. The van der Waals surface area contributed by atoms with E-state index in [1.165, 1.54) is 23.5 Å². The fourth-order valence-electron chi connectivity index (χ4n) is 5.40. The molecule has 0 unspecified atom stereocenters. The molecule has 0 radical (unpaired) electrons. The third kappa shape index (κ3) is 4.75. The van der Waals surface area contributed by atoms with Gasteiger partial charge in [-0.2, -0.15) is 0 Å². The molecule has 0 saturated carbocycles. The topological polar surface area (TPSA) is 73.1 Å². The molecule has 0 N–H and O–H groups in total. The highest BCUT2D eigenvalue weighted by atomic mass is 32.1. The van der Waals surface area contributed by atoms with E-state index in [0.717, 1.165) is 38.9 Å². The van der Waals surface area contributed by atoms with E-state index >= 15 is 4.39 Å². The summed E-state index contributed by atoms with van der Waals surface area (Å²) in [6.07, 6.45) is 5.10. The highest BCUT2D eigenvalue weighted by Gasteiger charge is 2.28. The molecule has 1 aromatic carbocycles. The molecule has 214 valence electrons. The van der Waals surface area contributed by atoms with Gasteiger partial charge in [0.15, 0.2) is 0 Å². The second-order valence-electron chi connectivity index (χ2n) is 10.6. The summed E-state index contributed by atoms with van der Waals surface area (Å²) in [6, 6.07) is 5.99. The van der Waals surface area contributed by atoms with Gasteiger partial charge in [0.2, 0.25) is 5.91 Å². The molecule has 0 aliphatic carbocycles. The molecule has 1 aliphatic heterocycles. The van der Waals surface area contributed by atoms with Crippen molar-refractivity contribution in [2.45, 2.75) is 39.8 Å². The summed E-state index contributed by atoms with van der Waals surface area (Å²) in [4.78, 5) is 28.5. The number of rotatable bonds is 6. The number of halogens is 2. The monoisotopic (exact) mass is 585 g/mol. The number of hydrogen-bond acceptors (Lipinski definition) is 6. The van der Waals surface area contributed by atoms with E-state index < -0.39 is 11.6 Å². The van der Waals surface area contributed by atoms with Gasteiger partial charge in [-0.1, -0.05) is 6.58 Å². The molecule has 5 heterocycles. The highest BCUT2D eigenvalue weighted by molar-refractivity contribution is 7.18. The fraction of sp³-hybridized carbons (Fsp3) is 0.250. The highest BCUT2D eigenvalue weighted by Crippen LogP contribution is 2.47. The van der Waals surface area contributed by atoms with Crippen molar-refractivity contribution in [1.82, 2.24) is 24.4 Å². The Morgan fingerprint density at radius 2 is 1.95 bits per heavy atom. The molecule has 0 atom stereocenters. The number of aryl methyl sites for hydroxylation is 1. The van der Waals surface area contributed by atoms with Crippen LogP contribution in [0.5, 0.6) is 5.75 Å². The number of carbonyl (C=O) groups excluding carboxylic acids is 1. The molecule has 5 aromatic rings. The summed E-state index contributed by atoms with van der Waals surface area (Å²) in [5.74, 6) is -0.712. The third-order valence-electron chi connectivity index (χ3n) is 7.50. The number of amides is 1. The van der Waals surface area contributed by atoms with Crippen LogP contribution in [0.1, 0.15) is 30.9 Å². The zero-order valence-electron chi connectivity index (χ0n) is 23.7. The number of carbonyl (C=O) groups is 1. The lowest BCUT2D eigenvalue weighted by Crippen LogP contribution is -2.35. The Morgan fingerprint density at radius 1 is 1.14 bits per heavy atom. The van der Waals surface area contributed by atoms with Crippen LogP contribution in [0.4, 0.5) is 8.78 Å². The van der Waals surface area contributed by atoms with E-state index in [1.54, 1.807) is 17.3 Å².